The van der Waals surface area contributed by atoms with Crippen LogP contribution in [-0.4, -0.2) is 25.5 Å². The Balaban J connectivity index is 1.72. The van der Waals surface area contributed by atoms with Crippen LogP contribution in [0.15, 0.2) is 54.2 Å². The number of nitrogens with zero attached hydrogens (tertiary/aromatic N) is 4. The van der Waals surface area contributed by atoms with Gasteiger partial charge in [0.05, 0.1) is 11.3 Å². The van der Waals surface area contributed by atoms with Crippen LogP contribution in [-0.2, 0) is 6.18 Å². The minimum absolute atomic E-state index is 0.283. The third-order valence-corrected chi connectivity index (χ3v) is 4.48. The molecule has 0 aliphatic rings. The first-order valence-electron chi connectivity index (χ1n) is 7.65. The zero-order chi connectivity index (χ0) is 19.0. The zero-order valence-corrected chi connectivity index (χ0v) is 14.3. The van der Waals surface area contributed by atoms with Gasteiger partial charge in [0.1, 0.15) is 5.82 Å². The van der Waals surface area contributed by atoms with Crippen molar-refractivity contribution in [1.82, 2.24) is 19.6 Å². The number of aromatic nitrogens is 4. The molecule has 10 heteroatoms. The third-order valence-electron chi connectivity index (χ3n) is 3.71. The number of rotatable bonds is 3. The molecule has 3 aromatic heterocycles. The molecule has 136 valence electrons. The normalized spacial score (nSPS) is 11.7. The Labute approximate surface area is 154 Å². The van der Waals surface area contributed by atoms with Crippen LogP contribution in [0.1, 0.15) is 15.4 Å². The molecular weight excluding hydrogens is 379 g/mol. The number of carbonyl (C=O) groups excluding carboxylic acids is 1. The lowest BCUT2D eigenvalue weighted by Gasteiger charge is -2.07. The Kier molecular flexibility index (Phi) is 4.11. The van der Waals surface area contributed by atoms with Crippen LogP contribution in [0.3, 0.4) is 0 Å². The molecule has 0 unspecified atom stereocenters. The van der Waals surface area contributed by atoms with Crippen LogP contribution in [0.2, 0.25) is 0 Å². The fourth-order valence-electron chi connectivity index (χ4n) is 2.49. The van der Waals surface area contributed by atoms with Crippen molar-refractivity contribution in [3.05, 3.63) is 64.7 Å². The number of thiazole rings is 1. The molecule has 0 fully saturated rings. The molecule has 4 rings (SSSR count). The summed E-state index contributed by atoms with van der Waals surface area (Å²) in [5.41, 5.74) is 0.235. The van der Waals surface area contributed by atoms with Crippen molar-refractivity contribution in [3.63, 3.8) is 0 Å². The first-order valence-corrected chi connectivity index (χ1v) is 8.53. The molecule has 0 atom stereocenters. The Bertz CT molecular complexity index is 1120. The van der Waals surface area contributed by atoms with Gasteiger partial charge in [-0.2, -0.15) is 22.8 Å². The van der Waals surface area contributed by atoms with Crippen molar-refractivity contribution in [2.24, 2.45) is 0 Å². The number of hydrogen-bond acceptors (Lipinski definition) is 5. The van der Waals surface area contributed by atoms with Gasteiger partial charge >= 0.3 is 6.18 Å². The lowest BCUT2D eigenvalue weighted by molar-refractivity contribution is -0.137. The highest BCUT2D eigenvalue weighted by Gasteiger charge is 2.30. The summed E-state index contributed by atoms with van der Waals surface area (Å²) < 4.78 is 40.2. The summed E-state index contributed by atoms with van der Waals surface area (Å²) in [4.78, 5) is 20.3. The topological polar surface area (TPSA) is 72.2 Å². The Hall–Kier alpha value is -3.27. The standard InChI is InChI=1S/C17H10F3N5OS/c18-17(19,20)11-3-1-2-10(8-11)12-9-14-21-5-4-13(25(14)24-12)23-15(26)16-22-6-7-27-16/h1-9H,(H,23,26). The first kappa shape index (κ1) is 17.2. The number of fused-ring (bicyclic) bond motifs is 1. The highest BCUT2D eigenvalue weighted by molar-refractivity contribution is 7.11. The molecule has 1 aromatic carbocycles. The van der Waals surface area contributed by atoms with E-state index in [4.69, 9.17) is 0 Å². The highest BCUT2D eigenvalue weighted by atomic mass is 32.1. The summed E-state index contributed by atoms with van der Waals surface area (Å²) in [7, 11) is 0. The fourth-order valence-corrected chi connectivity index (χ4v) is 3.02. The Morgan fingerprint density at radius 3 is 2.70 bits per heavy atom. The van der Waals surface area contributed by atoms with Crippen molar-refractivity contribution < 1.29 is 18.0 Å². The van der Waals surface area contributed by atoms with E-state index >= 15 is 0 Å². The van der Waals surface area contributed by atoms with E-state index in [2.05, 4.69) is 20.4 Å². The van der Waals surface area contributed by atoms with Crippen LogP contribution >= 0.6 is 11.3 Å². The average molecular weight is 389 g/mol. The lowest BCUT2D eigenvalue weighted by atomic mass is 10.1. The van der Waals surface area contributed by atoms with Crippen molar-refractivity contribution >= 4 is 28.7 Å². The maximum Gasteiger partial charge on any atom is 0.416 e. The van der Waals surface area contributed by atoms with Crippen LogP contribution < -0.4 is 5.32 Å². The van der Waals surface area contributed by atoms with Crippen LogP contribution in [0.5, 0.6) is 0 Å². The van der Waals surface area contributed by atoms with Gasteiger partial charge in [-0.15, -0.1) is 11.3 Å². The maximum atomic E-state index is 12.9. The zero-order valence-electron chi connectivity index (χ0n) is 13.4. The largest absolute Gasteiger partial charge is 0.416 e. The smallest absolute Gasteiger partial charge is 0.304 e. The van der Waals surface area contributed by atoms with Gasteiger partial charge in [0.25, 0.3) is 5.91 Å². The third kappa shape index (κ3) is 3.38. The van der Waals surface area contributed by atoms with E-state index in [-0.39, 0.29) is 5.01 Å². The molecule has 0 aliphatic heterocycles. The molecule has 0 radical (unpaired) electrons. The number of alkyl halides is 3. The maximum absolute atomic E-state index is 12.9. The second kappa shape index (κ2) is 6.47. The van der Waals surface area contributed by atoms with Gasteiger partial charge in [0.2, 0.25) is 0 Å². The first-order chi connectivity index (χ1) is 12.9. The Morgan fingerprint density at radius 1 is 1.11 bits per heavy atom. The molecule has 27 heavy (non-hydrogen) atoms. The number of benzene rings is 1. The molecule has 0 saturated heterocycles. The molecule has 1 N–H and O–H groups in total. The van der Waals surface area contributed by atoms with Crippen LogP contribution in [0, 0.1) is 0 Å². The number of hydrogen-bond donors (Lipinski definition) is 1. The van der Waals surface area contributed by atoms with E-state index in [1.54, 1.807) is 17.5 Å². The van der Waals surface area contributed by atoms with Crippen LogP contribution in [0.25, 0.3) is 16.9 Å². The summed E-state index contributed by atoms with van der Waals surface area (Å²) in [6, 6.07) is 7.97. The fraction of sp³-hybridized carbons (Fsp3) is 0.0588. The van der Waals surface area contributed by atoms with Gasteiger partial charge in [-0.1, -0.05) is 12.1 Å². The number of carbonyl (C=O) groups is 1. The highest BCUT2D eigenvalue weighted by Crippen LogP contribution is 2.32. The van der Waals surface area contributed by atoms with Gasteiger partial charge in [-0.3, -0.25) is 4.79 Å². The van der Waals surface area contributed by atoms with Crippen molar-refractivity contribution in [2.45, 2.75) is 6.18 Å². The van der Waals surface area contributed by atoms with E-state index in [1.165, 1.54) is 40.4 Å². The van der Waals surface area contributed by atoms with Crippen molar-refractivity contribution in [2.75, 3.05) is 5.32 Å². The van der Waals surface area contributed by atoms with E-state index < -0.39 is 17.6 Å². The number of anilines is 1. The molecule has 6 nitrogen and oxygen atoms in total. The summed E-state index contributed by atoms with van der Waals surface area (Å²) in [5, 5.41) is 8.93. The van der Waals surface area contributed by atoms with Gasteiger partial charge in [-0.05, 0) is 18.2 Å². The molecular formula is C17H10F3N5OS. The van der Waals surface area contributed by atoms with E-state index in [0.29, 0.717) is 22.7 Å². The minimum atomic E-state index is -4.44. The monoisotopic (exact) mass is 389 g/mol. The molecule has 1 amide bonds. The van der Waals surface area contributed by atoms with E-state index in [0.717, 1.165) is 12.1 Å². The minimum Gasteiger partial charge on any atom is -0.304 e. The number of amides is 1. The molecule has 0 bridgehead atoms. The lowest BCUT2D eigenvalue weighted by Crippen LogP contribution is -2.14. The average Bonchev–Trinajstić information content (AvgIpc) is 3.31. The molecule has 4 aromatic rings. The molecule has 3 heterocycles. The summed E-state index contributed by atoms with van der Waals surface area (Å²) in [6.45, 7) is 0. The van der Waals surface area contributed by atoms with Gasteiger partial charge in [0.15, 0.2) is 10.7 Å². The van der Waals surface area contributed by atoms with E-state index in [9.17, 15) is 18.0 Å². The summed E-state index contributed by atoms with van der Waals surface area (Å²) in [6.07, 6.45) is -1.45. The van der Waals surface area contributed by atoms with E-state index in [1.807, 2.05) is 0 Å². The number of nitrogens with one attached hydrogen (secondary N) is 1. The SMILES string of the molecule is O=C(Nc1ccnc2cc(-c3cccc(C(F)(F)F)c3)nn12)c1nccs1. The summed E-state index contributed by atoms with van der Waals surface area (Å²) in [5.74, 6) is -0.0768. The second-order valence-corrected chi connectivity index (χ2v) is 6.39. The molecule has 0 saturated carbocycles. The van der Waals surface area contributed by atoms with Gasteiger partial charge in [0, 0.05) is 29.4 Å². The summed E-state index contributed by atoms with van der Waals surface area (Å²) >= 11 is 1.19. The predicted octanol–water partition coefficient (Wildman–Crippen LogP) is 4.12. The van der Waals surface area contributed by atoms with Crippen LogP contribution in [0.4, 0.5) is 19.0 Å². The quantitative estimate of drug-likeness (QED) is 0.572. The molecule has 0 aliphatic carbocycles. The Morgan fingerprint density at radius 2 is 1.96 bits per heavy atom. The van der Waals surface area contributed by atoms with Gasteiger partial charge < -0.3 is 5.32 Å². The van der Waals surface area contributed by atoms with Crippen molar-refractivity contribution in [1.29, 1.82) is 0 Å². The predicted molar refractivity (Wildman–Crippen MR) is 93.5 cm³/mol. The number of halogens is 3. The second-order valence-electron chi connectivity index (χ2n) is 5.50. The molecule has 0 spiro atoms. The van der Waals surface area contributed by atoms with Crippen molar-refractivity contribution in [3.8, 4) is 11.3 Å². The van der Waals surface area contributed by atoms with Gasteiger partial charge in [-0.25, -0.2) is 9.97 Å².